The van der Waals surface area contributed by atoms with Gasteiger partial charge in [-0.25, -0.2) is 0 Å². The number of anilines is 2. The van der Waals surface area contributed by atoms with Crippen LogP contribution in [0.1, 0.15) is 36.0 Å². The van der Waals surface area contributed by atoms with Crippen molar-refractivity contribution in [2.45, 2.75) is 26.0 Å². The zero-order valence-electron chi connectivity index (χ0n) is 19.0. The van der Waals surface area contributed by atoms with Crippen molar-refractivity contribution in [1.82, 2.24) is 0 Å². The largest absolute Gasteiger partial charge is 0.503 e. The third kappa shape index (κ3) is 4.22. The van der Waals surface area contributed by atoms with Crippen LogP contribution in [0.25, 0.3) is 0 Å². The minimum absolute atomic E-state index is 0.0340. The van der Waals surface area contributed by atoms with Crippen LogP contribution in [-0.2, 0) is 4.79 Å². The number of aliphatic hydroxyl groups is 1. The van der Waals surface area contributed by atoms with Crippen molar-refractivity contribution in [2.24, 2.45) is 0 Å². The van der Waals surface area contributed by atoms with Crippen LogP contribution in [-0.4, -0.2) is 37.0 Å². The van der Waals surface area contributed by atoms with Crippen LogP contribution >= 0.6 is 0 Å². The average Bonchev–Trinajstić information content (AvgIpc) is 3.41. The van der Waals surface area contributed by atoms with E-state index in [9.17, 15) is 14.7 Å². The minimum atomic E-state index is -0.851. The molecule has 0 fully saturated rings. The number of rotatable bonds is 7. The summed E-state index contributed by atoms with van der Waals surface area (Å²) in [6, 6.07) is 16.8. The van der Waals surface area contributed by atoms with Gasteiger partial charge in [0, 0.05) is 25.5 Å². The Kier molecular flexibility index (Phi) is 5.96. The standard InChI is InChI=1S/C26H26N2O5/c1-16(2)33-20-8-5-7-17(15-20)23-22(24(29)21-9-6-14-32-21)25(30)26(31)28(23)19-12-10-18(11-13-19)27(3)4/h5-16,23,30H,1-4H3. The highest BCUT2D eigenvalue weighted by Crippen LogP contribution is 2.43. The van der Waals surface area contributed by atoms with E-state index in [1.165, 1.54) is 17.2 Å². The maximum absolute atomic E-state index is 13.3. The van der Waals surface area contributed by atoms with Gasteiger partial charge in [-0.05, 0) is 67.9 Å². The summed E-state index contributed by atoms with van der Waals surface area (Å²) in [5, 5.41) is 10.8. The van der Waals surface area contributed by atoms with E-state index in [4.69, 9.17) is 9.15 Å². The number of benzene rings is 2. The van der Waals surface area contributed by atoms with Crippen molar-refractivity contribution >= 4 is 23.1 Å². The zero-order chi connectivity index (χ0) is 23.7. The van der Waals surface area contributed by atoms with Crippen molar-refractivity contribution in [3.05, 3.63) is 89.6 Å². The molecule has 1 unspecified atom stereocenters. The molecule has 0 spiro atoms. The lowest BCUT2D eigenvalue weighted by molar-refractivity contribution is -0.117. The van der Waals surface area contributed by atoms with E-state index in [1.807, 2.05) is 51.0 Å². The van der Waals surface area contributed by atoms with Gasteiger partial charge in [-0.2, -0.15) is 0 Å². The lowest BCUT2D eigenvalue weighted by Crippen LogP contribution is -2.31. The summed E-state index contributed by atoms with van der Waals surface area (Å²) in [7, 11) is 3.85. The molecule has 1 N–H and O–H groups in total. The summed E-state index contributed by atoms with van der Waals surface area (Å²) >= 11 is 0. The average molecular weight is 447 g/mol. The lowest BCUT2D eigenvalue weighted by Gasteiger charge is -2.27. The Morgan fingerprint density at radius 2 is 1.82 bits per heavy atom. The third-order valence-electron chi connectivity index (χ3n) is 5.39. The monoisotopic (exact) mass is 446 g/mol. The van der Waals surface area contributed by atoms with E-state index in [1.54, 1.807) is 36.4 Å². The Labute approximate surface area is 192 Å². The number of nitrogens with zero attached hydrogens (tertiary/aromatic N) is 2. The molecule has 0 bridgehead atoms. The Hall–Kier alpha value is -4.00. The lowest BCUT2D eigenvalue weighted by atomic mass is 9.94. The molecule has 1 aromatic heterocycles. The quantitative estimate of drug-likeness (QED) is 0.519. The van der Waals surface area contributed by atoms with E-state index in [0.717, 1.165) is 5.69 Å². The second kappa shape index (κ2) is 8.86. The van der Waals surface area contributed by atoms with Crippen LogP contribution < -0.4 is 14.5 Å². The second-order valence-electron chi connectivity index (χ2n) is 8.30. The number of carbonyl (C=O) groups excluding carboxylic acids is 2. The molecule has 1 atom stereocenters. The molecule has 170 valence electrons. The number of carbonyl (C=O) groups is 2. The maximum atomic E-state index is 13.3. The maximum Gasteiger partial charge on any atom is 0.294 e. The molecule has 7 nitrogen and oxygen atoms in total. The first-order valence-corrected chi connectivity index (χ1v) is 10.7. The third-order valence-corrected chi connectivity index (χ3v) is 5.39. The van der Waals surface area contributed by atoms with E-state index in [2.05, 4.69) is 0 Å². The zero-order valence-corrected chi connectivity index (χ0v) is 19.0. The molecule has 4 rings (SSSR count). The minimum Gasteiger partial charge on any atom is -0.503 e. The Morgan fingerprint density at radius 3 is 2.42 bits per heavy atom. The second-order valence-corrected chi connectivity index (χ2v) is 8.30. The highest BCUT2D eigenvalue weighted by Gasteiger charge is 2.45. The normalized spacial score (nSPS) is 16.0. The van der Waals surface area contributed by atoms with Crippen LogP contribution in [0.5, 0.6) is 5.75 Å². The van der Waals surface area contributed by atoms with Gasteiger partial charge in [0.1, 0.15) is 5.75 Å². The molecular formula is C26H26N2O5. The summed E-state index contributed by atoms with van der Waals surface area (Å²) in [6.07, 6.45) is 1.33. The molecule has 3 aromatic rings. The molecule has 0 saturated heterocycles. The molecule has 2 aromatic carbocycles. The predicted molar refractivity (Wildman–Crippen MR) is 126 cm³/mol. The van der Waals surface area contributed by atoms with Gasteiger partial charge >= 0.3 is 0 Å². The number of amides is 1. The van der Waals surface area contributed by atoms with Gasteiger partial charge in [0.25, 0.3) is 5.91 Å². The first kappa shape index (κ1) is 22.2. The summed E-state index contributed by atoms with van der Waals surface area (Å²) in [4.78, 5) is 29.9. The van der Waals surface area contributed by atoms with Crippen molar-refractivity contribution in [3.63, 3.8) is 0 Å². The van der Waals surface area contributed by atoms with Gasteiger partial charge in [0.05, 0.1) is 24.0 Å². The van der Waals surface area contributed by atoms with Gasteiger partial charge < -0.3 is 19.2 Å². The van der Waals surface area contributed by atoms with Crippen LogP contribution in [0.15, 0.2) is 82.7 Å². The van der Waals surface area contributed by atoms with Crippen molar-refractivity contribution < 1.29 is 23.8 Å². The van der Waals surface area contributed by atoms with Gasteiger partial charge in [-0.1, -0.05) is 12.1 Å². The molecule has 7 heteroatoms. The fourth-order valence-electron chi connectivity index (χ4n) is 3.90. The number of Topliss-reactive ketones (excluding diaryl/α,β-unsaturated/α-hetero) is 1. The molecule has 1 amide bonds. The topological polar surface area (TPSA) is 83.2 Å². The Bertz CT molecular complexity index is 1190. The van der Waals surface area contributed by atoms with Crippen LogP contribution in [0, 0.1) is 0 Å². The molecule has 2 heterocycles. The highest BCUT2D eigenvalue weighted by molar-refractivity contribution is 6.20. The highest BCUT2D eigenvalue weighted by atomic mass is 16.5. The molecule has 1 aliphatic heterocycles. The number of ether oxygens (including phenoxy) is 1. The fraction of sp³-hybridized carbons (Fsp3) is 0.231. The summed E-state index contributed by atoms with van der Waals surface area (Å²) < 4.78 is 11.1. The number of furan rings is 1. The molecule has 1 aliphatic rings. The summed E-state index contributed by atoms with van der Waals surface area (Å²) in [5.41, 5.74) is 2.11. The van der Waals surface area contributed by atoms with Crippen molar-refractivity contribution in [1.29, 1.82) is 0 Å². The number of ketones is 1. The first-order valence-electron chi connectivity index (χ1n) is 10.7. The van der Waals surface area contributed by atoms with Crippen LogP contribution in [0.4, 0.5) is 11.4 Å². The van der Waals surface area contributed by atoms with Crippen molar-refractivity contribution in [3.8, 4) is 5.75 Å². The van der Waals surface area contributed by atoms with Gasteiger partial charge in [0.2, 0.25) is 5.78 Å². The molecule has 33 heavy (non-hydrogen) atoms. The molecular weight excluding hydrogens is 420 g/mol. The van der Waals surface area contributed by atoms with E-state index in [-0.39, 0.29) is 17.4 Å². The van der Waals surface area contributed by atoms with Crippen LogP contribution in [0.3, 0.4) is 0 Å². The van der Waals surface area contributed by atoms with Crippen molar-refractivity contribution in [2.75, 3.05) is 23.9 Å². The molecule has 0 saturated carbocycles. The Morgan fingerprint density at radius 1 is 1.09 bits per heavy atom. The SMILES string of the molecule is CC(C)Oc1cccc(C2C(C(=O)c3ccco3)=C(O)C(=O)N2c2ccc(N(C)C)cc2)c1. The number of hydrogen-bond acceptors (Lipinski definition) is 6. The smallest absolute Gasteiger partial charge is 0.294 e. The molecule has 0 aliphatic carbocycles. The predicted octanol–water partition coefficient (Wildman–Crippen LogP) is 4.92. The summed E-state index contributed by atoms with van der Waals surface area (Å²) in [6.45, 7) is 3.84. The van der Waals surface area contributed by atoms with E-state index >= 15 is 0 Å². The van der Waals surface area contributed by atoms with E-state index < -0.39 is 23.5 Å². The molecule has 0 radical (unpaired) electrons. The first-order chi connectivity index (χ1) is 15.8. The van der Waals surface area contributed by atoms with E-state index in [0.29, 0.717) is 17.0 Å². The van der Waals surface area contributed by atoms with Gasteiger partial charge in [-0.15, -0.1) is 0 Å². The van der Waals surface area contributed by atoms with Gasteiger partial charge in [0.15, 0.2) is 11.5 Å². The fourth-order valence-corrected chi connectivity index (χ4v) is 3.90. The Balaban J connectivity index is 1.84. The number of hydrogen-bond donors (Lipinski definition) is 1. The number of aliphatic hydroxyl groups excluding tert-OH is 1. The summed E-state index contributed by atoms with van der Waals surface area (Å²) in [5.74, 6) is -1.13. The van der Waals surface area contributed by atoms with Gasteiger partial charge in [-0.3, -0.25) is 14.5 Å². The van der Waals surface area contributed by atoms with Crippen LogP contribution in [0.2, 0.25) is 0 Å².